The summed E-state index contributed by atoms with van der Waals surface area (Å²) in [6.45, 7) is 6.34. The molecule has 142 valence electrons. The quantitative estimate of drug-likeness (QED) is 0.531. The van der Waals surface area contributed by atoms with Crippen LogP contribution in [0.15, 0.2) is 59.7 Å². The molecule has 0 aliphatic heterocycles. The fourth-order valence-electron chi connectivity index (χ4n) is 3.32. The van der Waals surface area contributed by atoms with Gasteiger partial charge in [-0.05, 0) is 50.6 Å². The SMILES string of the molecule is CC1=C(F)C(C)C(N(c2ccc(C)cc2)c2ccc(C)c(F)c2F)C=C1F. The average Bonchev–Trinajstić information content (AvgIpc) is 2.65. The largest absolute Gasteiger partial charge is 0.331 e. The highest BCUT2D eigenvalue weighted by Gasteiger charge is 2.34. The maximum Gasteiger partial charge on any atom is 0.182 e. The van der Waals surface area contributed by atoms with Crippen molar-refractivity contribution in [2.75, 3.05) is 4.90 Å². The number of hydrogen-bond donors (Lipinski definition) is 0. The zero-order valence-corrected chi connectivity index (χ0v) is 15.7. The minimum atomic E-state index is -1.04. The molecule has 0 N–H and O–H groups in total. The third-order valence-electron chi connectivity index (χ3n) is 5.07. The Labute approximate surface area is 156 Å². The molecule has 3 rings (SSSR count). The molecule has 27 heavy (non-hydrogen) atoms. The van der Waals surface area contributed by atoms with Crippen molar-refractivity contribution >= 4 is 11.4 Å². The van der Waals surface area contributed by atoms with Crippen LogP contribution in [-0.4, -0.2) is 6.04 Å². The summed E-state index contributed by atoms with van der Waals surface area (Å²) in [7, 11) is 0. The van der Waals surface area contributed by atoms with Crippen LogP contribution in [-0.2, 0) is 0 Å². The highest BCUT2D eigenvalue weighted by molar-refractivity contribution is 5.67. The first-order chi connectivity index (χ1) is 12.7. The van der Waals surface area contributed by atoms with E-state index in [-0.39, 0.29) is 16.8 Å². The maximum atomic E-state index is 14.8. The molecule has 1 aliphatic carbocycles. The van der Waals surface area contributed by atoms with Crippen molar-refractivity contribution in [3.63, 3.8) is 0 Å². The number of halogens is 4. The van der Waals surface area contributed by atoms with Crippen LogP contribution < -0.4 is 4.90 Å². The Balaban J connectivity index is 2.21. The molecule has 0 aromatic heterocycles. The molecular formula is C22H21F4N. The van der Waals surface area contributed by atoms with E-state index >= 15 is 0 Å². The van der Waals surface area contributed by atoms with Gasteiger partial charge in [0, 0.05) is 17.2 Å². The van der Waals surface area contributed by atoms with Crippen LogP contribution >= 0.6 is 0 Å². The van der Waals surface area contributed by atoms with Crippen molar-refractivity contribution in [1.29, 1.82) is 0 Å². The summed E-state index contributed by atoms with van der Waals surface area (Å²) in [5.74, 6) is -4.02. The zero-order chi connectivity index (χ0) is 19.9. The van der Waals surface area contributed by atoms with Gasteiger partial charge in [-0.3, -0.25) is 0 Å². The molecule has 2 atom stereocenters. The minimum Gasteiger partial charge on any atom is -0.331 e. The lowest BCUT2D eigenvalue weighted by Crippen LogP contribution is -2.38. The lowest BCUT2D eigenvalue weighted by atomic mass is 9.89. The van der Waals surface area contributed by atoms with Gasteiger partial charge in [-0.2, -0.15) is 0 Å². The number of hydrogen-bond acceptors (Lipinski definition) is 1. The maximum absolute atomic E-state index is 14.8. The van der Waals surface area contributed by atoms with E-state index in [2.05, 4.69) is 0 Å². The van der Waals surface area contributed by atoms with E-state index in [0.29, 0.717) is 5.69 Å². The van der Waals surface area contributed by atoms with Gasteiger partial charge in [-0.15, -0.1) is 0 Å². The Morgan fingerprint density at radius 2 is 1.44 bits per heavy atom. The van der Waals surface area contributed by atoms with Gasteiger partial charge in [0.25, 0.3) is 0 Å². The molecule has 2 aromatic carbocycles. The predicted molar refractivity (Wildman–Crippen MR) is 100 cm³/mol. The standard InChI is InChI=1S/C22H21F4N/c1-12-5-8-16(9-6-12)27(18-10-7-13(2)20(24)22(18)26)19-11-17(23)14(3)21(25)15(19)4/h5-11,15,19H,1-4H3. The van der Waals surface area contributed by atoms with Crippen LogP contribution in [0.4, 0.5) is 28.9 Å². The van der Waals surface area contributed by atoms with E-state index in [9.17, 15) is 17.6 Å². The minimum absolute atomic E-state index is 0.0573. The first-order valence-electron chi connectivity index (χ1n) is 8.76. The van der Waals surface area contributed by atoms with Gasteiger partial charge >= 0.3 is 0 Å². The molecule has 0 saturated heterocycles. The van der Waals surface area contributed by atoms with Crippen LogP contribution in [0.5, 0.6) is 0 Å². The molecule has 0 saturated carbocycles. The third-order valence-corrected chi connectivity index (χ3v) is 5.07. The van der Waals surface area contributed by atoms with Crippen LogP contribution in [0.2, 0.25) is 0 Å². The highest BCUT2D eigenvalue weighted by atomic mass is 19.2. The first-order valence-corrected chi connectivity index (χ1v) is 8.76. The van der Waals surface area contributed by atoms with E-state index in [1.54, 1.807) is 19.1 Å². The molecule has 0 amide bonds. The number of anilines is 2. The molecule has 0 radical (unpaired) electrons. The monoisotopic (exact) mass is 375 g/mol. The number of rotatable bonds is 3. The molecule has 1 aliphatic rings. The van der Waals surface area contributed by atoms with Crippen molar-refractivity contribution in [1.82, 2.24) is 0 Å². The lowest BCUT2D eigenvalue weighted by Gasteiger charge is -2.37. The van der Waals surface area contributed by atoms with E-state index in [4.69, 9.17) is 0 Å². The van der Waals surface area contributed by atoms with Crippen molar-refractivity contribution in [2.24, 2.45) is 5.92 Å². The van der Waals surface area contributed by atoms with Crippen molar-refractivity contribution < 1.29 is 17.6 Å². The second-order valence-electron chi connectivity index (χ2n) is 7.00. The molecule has 1 nitrogen and oxygen atoms in total. The van der Waals surface area contributed by atoms with E-state index in [1.807, 2.05) is 19.1 Å². The number of benzene rings is 2. The first kappa shape index (κ1) is 19.2. The van der Waals surface area contributed by atoms with Crippen molar-refractivity contribution in [3.05, 3.63) is 82.5 Å². The fourth-order valence-corrected chi connectivity index (χ4v) is 3.32. The number of aryl methyl sites for hydroxylation is 2. The van der Waals surface area contributed by atoms with Gasteiger partial charge in [-0.25, -0.2) is 17.6 Å². The van der Waals surface area contributed by atoms with Gasteiger partial charge in [0.05, 0.1) is 11.7 Å². The summed E-state index contributed by atoms with van der Waals surface area (Å²) >= 11 is 0. The summed E-state index contributed by atoms with van der Waals surface area (Å²) in [5.41, 5.74) is 1.56. The second-order valence-corrected chi connectivity index (χ2v) is 7.00. The summed E-state index contributed by atoms with van der Waals surface area (Å²) in [6, 6.07) is 9.15. The van der Waals surface area contributed by atoms with Gasteiger partial charge in [0.1, 0.15) is 11.7 Å². The normalized spacial score (nSPS) is 19.9. The summed E-state index contributed by atoms with van der Waals surface area (Å²) < 4.78 is 57.9. The molecule has 2 unspecified atom stereocenters. The Morgan fingerprint density at radius 1 is 0.815 bits per heavy atom. The third kappa shape index (κ3) is 3.38. The smallest absolute Gasteiger partial charge is 0.182 e. The summed E-state index contributed by atoms with van der Waals surface area (Å²) in [6.07, 6.45) is 1.26. The lowest BCUT2D eigenvalue weighted by molar-refractivity contribution is 0.422. The van der Waals surface area contributed by atoms with Crippen molar-refractivity contribution in [2.45, 2.75) is 33.7 Å². The molecule has 5 heteroatoms. The number of nitrogens with zero attached hydrogens (tertiary/aromatic N) is 1. The van der Waals surface area contributed by atoms with Crippen LogP contribution in [0.1, 0.15) is 25.0 Å². The van der Waals surface area contributed by atoms with Crippen molar-refractivity contribution in [3.8, 4) is 0 Å². The Bertz CT molecular complexity index is 928. The Kier molecular flexibility index (Phi) is 5.13. The van der Waals surface area contributed by atoms with Crippen LogP contribution in [0.25, 0.3) is 0 Å². The average molecular weight is 375 g/mol. The molecule has 0 bridgehead atoms. The Morgan fingerprint density at radius 3 is 2.07 bits per heavy atom. The topological polar surface area (TPSA) is 3.24 Å². The van der Waals surface area contributed by atoms with Gasteiger partial charge in [0.2, 0.25) is 0 Å². The van der Waals surface area contributed by atoms with Gasteiger partial charge in [-0.1, -0.05) is 30.7 Å². The zero-order valence-electron chi connectivity index (χ0n) is 15.7. The Hall–Kier alpha value is -2.56. The van der Waals surface area contributed by atoms with Crippen LogP contribution in [0.3, 0.4) is 0 Å². The van der Waals surface area contributed by atoms with Gasteiger partial charge < -0.3 is 4.90 Å². The van der Waals surface area contributed by atoms with Crippen LogP contribution in [0, 0.1) is 31.4 Å². The van der Waals surface area contributed by atoms with Gasteiger partial charge in [0.15, 0.2) is 11.6 Å². The molecule has 0 spiro atoms. The number of allylic oxidation sites excluding steroid dienone is 2. The predicted octanol–water partition coefficient (Wildman–Crippen LogP) is 6.83. The molecule has 0 fully saturated rings. The summed E-state index contributed by atoms with van der Waals surface area (Å²) in [4.78, 5) is 1.45. The highest BCUT2D eigenvalue weighted by Crippen LogP contribution is 2.40. The molecule has 2 aromatic rings. The molecule has 0 heterocycles. The van der Waals surface area contributed by atoms with E-state index in [0.717, 1.165) is 5.56 Å². The fraction of sp³-hybridized carbons (Fsp3) is 0.273. The molecular weight excluding hydrogens is 354 g/mol. The van der Waals surface area contributed by atoms with E-state index < -0.39 is 35.2 Å². The second kappa shape index (κ2) is 7.22. The summed E-state index contributed by atoms with van der Waals surface area (Å²) in [5, 5.41) is 0. The van der Waals surface area contributed by atoms with E-state index in [1.165, 1.54) is 37.0 Å².